The van der Waals surface area contributed by atoms with E-state index in [1.807, 2.05) is 0 Å². The van der Waals surface area contributed by atoms with Gasteiger partial charge in [0.2, 0.25) is 0 Å². The topological polar surface area (TPSA) is 68.0 Å². The van der Waals surface area contributed by atoms with Crippen molar-refractivity contribution in [2.45, 2.75) is 37.8 Å². The summed E-state index contributed by atoms with van der Waals surface area (Å²) in [7, 11) is 1.79. The van der Waals surface area contributed by atoms with Gasteiger partial charge < -0.3 is 5.11 Å². The van der Waals surface area contributed by atoms with Crippen molar-refractivity contribution in [3.63, 3.8) is 0 Å². The number of rotatable bonds is 6. The average molecular weight is 243 g/mol. The largest absolute Gasteiger partial charge is 0.481 e. The highest BCUT2D eigenvalue weighted by molar-refractivity contribution is 7.99. The van der Waals surface area contributed by atoms with Crippen molar-refractivity contribution in [2.24, 2.45) is 7.05 Å². The van der Waals surface area contributed by atoms with Crippen LogP contribution in [-0.4, -0.2) is 31.6 Å². The quantitative estimate of drug-likeness (QED) is 0.773. The van der Waals surface area contributed by atoms with Crippen molar-refractivity contribution in [3.05, 3.63) is 5.82 Å². The molecule has 1 N–H and O–H groups in total. The van der Waals surface area contributed by atoms with Crippen LogP contribution in [0.1, 0.15) is 38.4 Å². The van der Waals surface area contributed by atoms with Gasteiger partial charge in [0, 0.05) is 13.0 Å². The van der Waals surface area contributed by atoms with Gasteiger partial charge in [0.05, 0.1) is 5.75 Å². The van der Waals surface area contributed by atoms with Crippen LogP contribution in [-0.2, 0) is 11.8 Å². The van der Waals surface area contributed by atoms with Crippen molar-refractivity contribution < 1.29 is 9.90 Å². The zero-order chi connectivity index (χ0) is 12.1. The van der Waals surface area contributed by atoms with Crippen LogP contribution in [0.2, 0.25) is 0 Å². The van der Waals surface area contributed by atoms with Crippen LogP contribution < -0.4 is 0 Å². The van der Waals surface area contributed by atoms with E-state index in [1.54, 1.807) is 11.7 Å². The molecule has 0 saturated carbocycles. The highest BCUT2D eigenvalue weighted by Gasteiger charge is 2.15. The lowest BCUT2D eigenvalue weighted by Gasteiger charge is -2.05. The minimum atomic E-state index is -0.836. The van der Waals surface area contributed by atoms with Gasteiger partial charge in [-0.2, -0.15) is 5.10 Å². The van der Waals surface area contributed by atoms with Crippen LogP contribution in [0.25, 0.3) is 0 Å². The zero-order valence-corrected chi connectivity index (χ0v) is 10.6. The molecule has 90 valence electrons. The predicted octanol–water partition coefficient (Wildman–Crippen LogP) is 1.90. The first-order chi connectivity index (χ1) is 7.58. The molecule has 0 unspecified atom stereocenters. The van der Waals surface area contributed by atoms with E-state index >= 15 is 0 Å². The molecule has 0 amide bonds. The SMILES string of the molecule is CCC(CC)c1nc(SCC(=O)O)n(C)n1. The van der Waals surface area contributed by atoms with E-state index in [1.165, 1.54) is 11.8 Å². The van der Waals surface area contributed by atoms with Crippen LogP contribution in [0.3, 0.4) is 0 Å². The summed E-state index contributed by atoms with van der Waals surface area (Å²) in [6.07, 6.45) is 2.01. The number of hydrogen-bond acceptors (Lipinski definition) is 4. The molecule has 1 aromatic rings. The van der Waals surface area contributed by atoms with Gasteiger partial charge in [-0.15, -0.1) is 0 Å². The molecular formula is C10H17N3O2S. The van der Waals surface area contributed by atoms with Crippen molar-refractivity contribution in [2.75, 3.05) is 5.75 Å². The van der Waals surface area contributed by atoms with Gasteiger partial charge in [-0.05, 0) is 12.8 Å². The highest BCUT2D eigenvalue weighted by Crippen LogP contribution is 2.22. The van der Waals surface area contributed by atoms with E-state index in [-0.39, 0.29) is 5.75 Å². The summed E-state index contributed by atoms with van der Waals surface area (Å²) in [6, 6.07) is 0. The Balaban J connectivity index is 2.76. The lowest BCUT2D eigenvalue weighted by Crippen LogP contribution is -2.00. The maximum atomic E-state index is 10.5. The van der Waals surface area contributed by atoms with Crippen LogP contribution in [0.15, 0.2) is 5.16 Å². The second-order valence-electron chi connectivity index (χ2n) is 3.57. The van der Waals surface area contributed by atoms with Gasteiger partial charge in [0.1, 0.15) is 0 Å². The minimum Gasteiger partial charge on any atom is -0.481 e. The lowest BCUT2D eigenvalue weighted by atomic mass is 10.0. The number of carboxylic acids is 1. The normalized spacial score (nSPS) is 11.0. The number of aliphatic carboxylic acids is 1. The number of nitrogens with zero attached hydrogens (tertiary/aromatic N) is 3. The smallest absolute Gasteiger partial charge is 0.313 e. The summed E-state index contributed by atoms with van der Waals surface area (Å²) in [5.74, 6) is 0.373. The zero-order valence-electron chi connectivity index (χ0n) is 9.80. The molecule has 1 aromatic heterocycles. The fourth-order valence-electron chi connectivity index (χ4n) is 1.47. The molecule has 1 rings (SSSR count). The van der Waals surface area contributed by atoms with Crippen molar-refractivity contribution >= 4 is 17.7 Å². The molecule has 1 heterocycles. The Kier molecular flexibility index (Phi) is 4.79. The van der Waals surface area contributed by atoms with E-state index in [0.29, 0.717) is 11.1 Å². The number of carboxylic acid groups (broad SMARTS) is 1. The Morgan fingerprint density at radius 2 is 2.12 bits per heavy atom. The van der Waals surface area contributed by atoms with E-state index in [4.69, 9.17) is 5.11 Å². The Bertz CT molecular complexity index is 361. The molecule has 0 aromatic carbocycles. The van der Waals surface area contributed by atoms with Crippen LogP contribution in [0.5, 0.6) is 0 Å². The summed E-state index contributed by atoms with van der Waals surface area (Å²) < 4.78 is 1.65. The van der Waals surface area contributed by atoms with Crippen LogP contribution in [0, 0.1) is 0 Å². The Labute approximate surface area is 99.3 Å². The van der Waals surface area contributed by atoms with Crippen LogP contribution in [0.4, 0.5) is 0 Å². The molecule has 16 heavy (non-hydrogen) atoms. The van der Waals surface area contributed by atoms with Crippen molar-refractivity contribution in [1.82, 2.24) is 14.8 Å². The number of thioether (sulfide) groups is 1. The van der Waals surface area contributed by atoms with Gasteiger partial charge in [-0.25, -0.2) is 9.67 Å². The molecule has 0 spiro atoms. The Hall–Kier alpha value is -1.04. The third kappa shape index (κ3) is 3.23. The Morgan fingerprint density at radius 1 is 1.50 bits per heavy atom. The number of hydrogen-bond donors (Lipinski definition) is 1. The first-order valence-electron chi connectivity index (χ1n) is 5.34. The fraction of sp³-hybridized carbons (Fsp3) is 0.700. The van der Waals surface area contributed by atoms with E-state index < -0.39 is 5.97 Å². The standard InChI is InChI=1S/C10H17N3O2S/c1-4-7(5-2)9-11-10(13(3)12-9)16-6-8(14)15/h7H,4-6H2,1-3H3,(H,14,15). The van der Waals surface area contributed by atoms with Gasteiger partial charge in [-0.3, -0.25) is 4.79 Å². The molecule has 0 aliphatic heterocycles. The van der Waals surface area contributed by atoms with E-state index in [2.05, 4.69) is 23.9 Å². The molecule has 0 radical (unpaired) electrons. The molecule has 5 nitrogen and oxygen atoms in total. The summed E-state index contributed by atoms with van der Waals surface area (Å²) >= 11 is 1.20. The third-order valence-electron chi connectivity index (χ3n) is 2.41. The maximum Gasteiger partial charge on any atom is 0.313 e. The monoisotopic (exact) mass is 243 g/mol. The van der Waals surface area contributed by atoms with Gasteiger partial charge in [-0.1, -0.05) is 25.6 Å². The second-order valence-corrected chi connectivity index (χ2v) is 4.51. The molecule has 0 aliphatic rings. The second kappa shape index (κ2) is 5.89. The number of aryl methyl sites for hydroxylation is 1. The molecule has 0 aliphatic carbocycles. The first kappa shape index (κ1) is 13.0. The highest BCUT2D eigenvalue weighted by atomic mass is 32.2. The fourth-order valence-corrected chi connectivity index (χ4v) is 2.11. The van der Waals surface area contributed by atoms with E-state index in [0.717, 1.165) is 18.7 Å². The molecule has 0 bridgehead atoms. The molecule has 6 heteroatoms. The predicted molar refractivity (Wildman–Crippen MR) is 62.7 cm³/mol. The Morgan fingerprint density at radius 3 is 2.62 bits per heavy atom. The summed E-state index contributed by atoms with van der Waals surface area (Å²) in [4.78, 5) is 14.8. The molecule has 0 atom stereocenters. The molecular weight excluding hydrogens is 226 g/mol. The van der Waals surface area contributed by atoms with Crippen LogP contribution >= 0.6 is 11.8 Å². The van der Waals surface area contributed by atoms with Gasteiger partial charge in [0.15, 0.2) is 11.0 Å². The minimum absolute atomic E-state index is 0.0227. The number of carbonyl (C=O) groups is 1. The van der Waals surface area contributed by atoms with Gasteiger partial charge in [0.25, 0.3) is 0 Å². The van der Waals surface area contributed by atoms with Crippen molar-refractivity contribution in [1.29, 1.82) is 0 Å². The summed E-state index contributed by atoms with van der Waals surface area (Å²) in [6.45, 7) is 4.21. The lowest BCUT2D eigenvalue weighted by molar-refractivity contribution is -0.133. The summed E-state index contributed by atoms with van der Waals surface area (Å²) in [5.41, 5.74) is 0. The summed E-state index contributed by atoms with van der Waals surface area (Å²) in [5, 5.41) is 13.6. The van der Waals surface area contributed by atoms with Gasteiger partial charge >= 0.3 is 5.97 Å². The first-order valence-corrected chi connectivity index (χ1v) is 6.32. The van der Waals surface area contributed by atoms with Crippen molar-refractivity contribution in [3.8, 4) is 0 Å². The molecule has 0 saturated heterocycles. The third-order valence-corrected chi connectivity index (χ3v) is 3.42. The molecule has 0 fully saturated rings. The average Bonchev–Trinajstić information content (AvgIpc) is 2.59. The maximum absolute atomic E-state index is 10.5. The number of aromatic nitrogens is 3. The van der Waals surface area contributed by atoms with E-state index in [9.17, 15) is 4.79 Å².